The number of amides is 4. The predicted octanol–water partition coefficient (Wildman–Crippen LogP) is 0.377. The number of hydrogen-bond donors (Lipinski definition) is 0. The number of imide groups is 2. The molecule has 0 aromatic heterocycles. The van der Waals surface area contributed by atoms with Crippen molar-refractivity contribution in [3.05, 3.63) is 37.5 Å². The standard InChI is InChI=1S/C18H18N2O4/c1-3-7-19-15(21)11-9-5-6-10(12(11)16(19)22)14-13(9)17(23)20(8-4-2)18(14)24/h3-6,9-14H,1-2,7-8H2. The van der Waals surface area contributed by atoms with Gasteiger partial charge in [-0.1, -0.05) is 24.3 Å². The maximum atomic E-state index is 12.7. The Kier molecular flexibility index (Phi) is 3.13. The minimum absolute atomic E-state index is 0.171. The molecule has 124 valence electrons. The van der Waals surface area contributed by atoms with Gasteiger partial charge in [0.2, 0.25) is 23.6 Å². The molecule has 1 saturated carbocycles. The molecule has 6 heteroatoms. The molecule has 0 radical (unpaired) electrons. The third kappa shape index (κ3) is 1.60. The van der Waals surface area contributed by atoms with Crippen LogP contribution in [0.4, 0.5) is 0 Å². The summed E-state index contributed by atoms with van der Waals surface area (Å²) >= 11 is 0. The highest BCUT2D eigenvalue weighted by molar-refractivity contribution is 6.11. The maximum absolute atomic E-state index is 12.7. The van der Waals surface area contributed by atoms with Crippen LogP contribution >= 0.6 is 0 Å². The van der Waals surface area contributed by atoms with Crippen LogP contribution < -0.4 is 0 Å². The lowest BCUT2D eigenvalue weighted by Gasteiger charge is -2.44. The fraction of sp³-hybridized carbons (Fsp3) is 0.444. The number of rotatable bonds is 4. The summed E-state index contributed by atoms with van der Waals surface area (Å²) in [6, 6.07) is 0. The molecular weight excluding hydrogens is 308 g/mol. The number of allylic oxidation sites excluding steroid dienone is 2. The fourth-order valence-corrected chi connectivity index (χ4v) is 4.97. The Morgan fingerprint density at radius 2 is 1.00 bits per heavy atom. The number of hydrogen-bond acceptors (Lipinski definition) is 4. The average molecular weight is 326 g/mol. The van der Waals surface area contributed by atoms with Gasteiger partial charge in [-0.2, -0.15) is 0 Å². The monoisotopic (exact) mass is 326 g/mol. The van der Waals surface area contributed by atoms with E-state index in [1.807, 2.05) is 12.2 Å². The van der Waals surface area contributed by atoms with E-state index in [2.05, 4.69) is 13.2 Å². The lowest BCUT2D eigenvalue weighted by molar-refractivity contribution is -0.139. The fourth-order valence-electron chi connectivity index (χ4n) is 4.97. The van der Waals surface area contributed by atoms with Crippen LogP contribution in [-0.4, -0.2) is 46.5 Å². The third-order valence-electron chi connectivity index (χ3n) is 5.82. The first kappa shape index (κ1) is 15.1. The molecule has 2 heterocycles. The van der Waals surface area contributed by atoms with Gasteiger partial charge in [0, 0.05) is 24.9 Å². The van der Waals surface area contributed by atoms with Crippen LogP contribution in [0.1, 0.15) is 0 Å². The molecule has 24 heavy (non-hydrogen) atoms. The minimum Gasteiger partial charge on any atom is -0.278 e. The highest BCUT2D eigenvalue weighted by Crippen LogP contribution is 2.57. The molecule has 2 saturated heterocycles. The number of carbonyl (C=O) groups excluding carboxylic acids is 4. The Morgan fingerprint density at radius 1 is 0.708 bits per heavy atom. The van der Waals surface area contributed by atoms with Gasteiger partial charge in [-0.3, -0.25) is 29.0 Å². The van der Waals surface area contributed by atoms with Gasteiger partial charge in [-0.25, -0.2) is 0 Å². The highest BCUT2D eigenvalue weighted by Gasteiger charge is 2.68. The number of nitrogens with zero attached hydrogens (tertiary/aromatic N) is 2. The summed E-state index contributed by atoms with van der Waals surface area (Å²) in [5.41, 5.74) is 0. The van der Waals surface area contributed by atoms with Crippen molar-refractivity contribution in [2.45, 2.75) is 0 Å². The van der Waals surface area contributed by atoms with Crippen molar-refractivity contribution in [1.29, 1.82) is 0 Å². The number of carbonyl (C=O) groups is 4. The lowest BCUT2D eigenvalue weighted by Crippen LogP contribution is -2.50. The summed E-state index contributed by atoms with van der Waals surface area (Å²) in [5, 5.41) is 0. The van der Waals surface area contributed by atoms with E-state index in [4.69, 9.17) is 0 Å². The first-order chi connectivity index (χ1) is 11.5. The molecule has 3 aliphatic carbocycles. The van der Waals surface area contributed by atoms with Crippen LogP contribution in [0.15, 0.2) is 37.5 Å². The second kappa shape index (κ2) is 5.00. The summed E-state index contributed by atoms with van der Waals surface area (Å²) in [6.07, 6.45) is 6.76. The van der Waals surface area contributed by atoms with Crippen molar-refractivity contribution in [1.82, 2.24) is 9.80 Å². The first-order valence-corrected chi connectivity index (χ1v) is 8.13. The SMILES string of the molecule is C=CCN1C(=O)C2C3C=CC(C2C1=O)C1C(=O)N(CC=C)C(=O)C31. The summed E-state index contributed by atoms with van der Waals surface area (Å²) in [4.78, 5) is 53.3. The Bertz CT molecular complexity index is 621. The van der Waals surface area contributed by atoms with Crippen molar-refractivity contribution in [3.63, 3.8) is 0 Å². The van der Waals surface area contributed by atoms with Gasteiger partial charge < -0.3 is 0 Å². The van der Waals surface area contributed by atoms with E-state index >= 15 is 0 Å². The Labute approximate surface area is 139 Å². The summed E-state index contributed by atoms with van der Waals surface area (Å²) < 4.78 is 0. The van der Waals surface area contributed by atoms with Crippen LogP contribution in [0.5, 0.6) is 0 Å². The maximum Gasteiger partial charge on any atom is 0.234 e. The van der Waals surface area contributed by atoms with E-state index in [1.165, 1.54) is 22.0 Å². The topological polar surface area (TPSA) is 74.8 Å². The molecule has 0 aromatic rings. The van der Waals surface area contributed by atoms with Crippen LogP contribution in [0.3, 0.4) is 0 Å². The van der Waals surface area contributed by atoms with Crippen LogP contribution in [-0.2, 0) is 19.2 Å². The van der Waals surface area contributed by atoms with E-state index in [9.17, 15) is 19.2 Å². The molecule has 6 nitrogen and oxygen atoms in total. The molecule has 2 aliphatic heterocycles. The van der Waals surface area contributed by atoms with Gasteiger partial charge in [-0.15, -0.1) is 13.2 Å². The molecule has 4 atom stereocenters. The third-order valence-corrected chi connectivity index (χ3v) is 5.82. The molecule has 0 spiro atoms. The van der Waals surface area contributed by atoms with Crippen molar-refractivity contribution in [3.8, 4) is 0 Å². The van der Waals surface area contributed by atoms with Gasteiger partial charge in [-0.05, 0) is 0 Å². The summed E-state index contributed by atoms with van der Waals surface area (Å²) in [5.74, 6) is -3.89. The van der Waals surface area contributed by atoms with E-state index in [1.54, 1.807) is 0 Å². The van der Waals surface area contributed by atoms with Gasteiger partial charge in [0.05, 0.1) is 23.7 Å². The normalized spacial score (nSPS) is 39.5. The van der Waals surface area contributed by atoms with Gasteiger partial charge in [0.1, 0.15) is 0 Å². The molecule has 2 bridgehead atoms. The molecule has 4 unspecified atom stereocenters. The Balaban J connectivity index is 1.76. The number of likely N-dealkylation sites (tertiary alicyclic amines) is 2. The van der Waals surface area contributed by atoms with Crippen molar-refractivity contribution < 1.29 is 19.2 Å². The van der Waals surface area contributed by atoms with Gasteiger partial charge >= 0.3 is 0 Å². The first-order valence-electron chi connectivity index (χ1n) is 8.13. The van der Waals surface area contributed by atoms with E-state index in [0.717, 1.165) is 0 Å². The predicted molar refractivity (Wildman–Crippen MR) is 83.9 cm³/mol. The zero-order chi connectivity index (χ0) is 17.2. The molecular formula is C18H18N2O4. The molecule has 5 aliphatic rings. The molecule has 5 rings (SSSR count). The Morgan fingerprint density at radius 3 is 1.25 bits per heavy atom. The van der Waals surface area contributed by atoms with Crippen molar-refractivity contribution in [2.24, 2.45) is 35.5 Å². The van der Waals surface area contributed by atoms with E-state index in [-0.39, 0.29) is 48.6 Å². The summed E-state index contributed by atoms with van der Waals surface area (Å²) in [7, 11) is 0. The smallest absolute Gasteiger partial charge is 0.234 e. The highest BCUT2D eigenvalue weighted by atomic mass is 16.2. The molecule has 0 aromatic carbocycles. The van der Waals surface area contributed by atoms with Gasteiger partial charge in [0.25, 0.3) is 0 Å². The molecule has 0 N–H and O–H groups in total. The second-order valence-corrected chi connectivity index (χ2v) is 6.79. The zero-order valence-electron chi connectivity index (χ0n) is 13.1. The van der Waals surface area contributed by atoms with E-state index < -0.39 is 23.7 Å². The van der Waals surface area contributed by atoms with Crippen molar-refractivity contribution >= 4 is 23.6 Å². The minimum atomic E-state index is -0.533. The lowest BCUT2D eigenvalue weighted by atomic mass is 9.54. The Hall–Kier alpha value is -2.50. The van der Waals surface area contributed by atoms with E-state index in [0.29, 0.717) is 0 Å². The van der Waals surface area contributed by atoms with Crippen LogP contribution in [0.25, 0.3) is 0 Å². The second-order valence-electron chi connectivity index (χ2n) is 6.79. The molecule has 3 fully saturated rings. The largest absolute Gasteiger partial charge is 0.278 e. The molecule has 4 amide bonds. The van der Waals surface area contributed by atoms with Crippen LogP contribution in [0, 0.1) is 35.5 Å². The average Bonchev–Trinajstić information content (AvgIpc) is 2.99. The van der Waals surface area contributed by atoms with Crippen molar-refractivity contribution in [2.75, 3.05) is 13.1 Å². The zero-order valence-corrected chi connectivity index (χ0v) is 13.1. The quantitative estimate of drug-likeness (QED) is 0.553. The van der Waals surface area contributed by atoms with Gasteiger partial charge in [0.15, 0.2) is 0 Å². The van der Waals surface area contributed by atoms with Crippen LogP contribution in [0.2, 0.25) is 0 Å². The summed E-state index contributed by atoms with van der Waals surface area (Å²) in [6.45, 7) is 7.52.